The summed E-state index contributed by atoms with van der Waals surface area (Å²) < 4.78 is 32.4. The monoisotopic (exact) mass is 436 g/mol. The minimum atomic E-state index is -3.66. The van der Waals surface area contributed by atoms with E-state index in [0.717, 1.165) is 5.56 Å². The molecule has 0 aliphatic rings. The van der Waals surface area contributed by atoms with Crippen LogP contribution in [0.25, 0.3) is 0 Å². The molecule has 31 heavy (non-hydrogen) atoms. The third-order valence-electron chi connectivity index (χ3n) is 4.62. The van der Waals surface area contributed by atoms with Crippen molar-refractivity contribution < 1.29 is 17.9 Å². The zero-order chi connectivity index (χ0) is 22.3. The second-order valence-corrected chi connectivity index (χ2v) is 8.72. The molecule has 3 rings (SSSR count). The van der Waals surface area contributed by atoms with E-state index in [0.29, 0.717) is 17.0 Å². The number of anilines is 1. The van der Waals surface area contributed by atoms with Gasteiger partial charge in [-0.05, 0) is 42.0 Å². The molecule has 3 aromatic rings. The molecule has 0 heterocycles. The first-order valence-corrected chi connectivity index (χ1v) is 11.1. The summed E-state index contributed by atoms with van der Waals surface area (Å²) in [6.45, 7) is 4.01. The first-order valence-electron chi connectivity index (χ1n) is 9.64. The summed E-state index contributed by atoms with van der Waals surface area (Å²) in [5.41, 5.74) is 1.85. The first kappa shape index (κ1) is 22.3. The van der Waals surface area contributed by atoms with Gasteiger partial charge < -0.3 is 10.1 Å². The van der Waals surface area contributed by atoms with Crippen molar-refractivity contribution in [1.82, 2.24) is 4.31 Å². The maximum atomic E-state index is 13.0. The molecular weight excluding hydrogens is 412 g/mol. The van der Waals surface area contributed by atoms with Crippen LogP contribution in [-0.2, 0) is 16.6 Å². The van der Waals surface area contributed by atoms with Crippen LogP contribution in [0.2, 0.25) is 0 Å². The predicted octanol–water partition coefficient (Wildman–Crippen LogP) is 4.32. The summed E-state index contributed by atoms with van der Waals surface area (Å²) in [5.74, 6) is 0.384. The van der Waals surface area contributed by atoms with Crippen molar-refractivity contribution in [2.75, 3.05) is 19.0 Å². The Balaban J connectivity index is 1.73. The van der Waals surface area contributed by atoms with Crippen LogP contribution in [-0.4, -0.2) is 32.3 Å². The van der Waals surface area contributed by atoms with E-state index >= 15 is 0 Å². The van der Waals surface area contributed by atoms with Crippen molar-refractivity contribution in [3.63, 3.8) is 0 Å². The summed E-state index contributed by atoms with van der Waals surface area (Å²) in [5, 5.41) is 2.82. The molecule has 0 unspecified atom stereocenters. The molecular formula is C24H24N2O4S. The zero-order valence-corrected chi connectivity index (χ0v) is 18.0. The summed E-state index contributed by atoms with van der Waals surface area (Å²) >= 11 is 0. The average molecular weight is 437 g/mol. The lowest BCUT2D eigenvalue weighted by atomic mass is 10.1. The Labute approximate surface area is 182 Å². The van der Waals surface area contributed by atoms with Gasteiger partial charge in [0, 0.05) is 30.4 Å². The highest BCUT2D eigenvalue weighted by Gasteiger charge is 2.23. The lowest BCUT2D eigenvalue weighted by Crippen LogP contribution is -2.30. The van der Waals surface area contributed by atoms with Crippen LogP contribution >= 0.6 is 0 Å². The van der Waals surface area contributed by atoms with Crippen LogP contribution in [0.1, 0.15) is 15.9 Å². The van der Waals surface area contributed by atoms with Crippen molar-refractivity contribution >= 4 is 21.6 Å². The number of ether oxygens (including phenoxy) is 1. The van der Waals surface area contributed by atoms with Crippen LogP contribution in [0.15, 0.2) is 96.4 Å². The summed E-state index contributed by atoms with van der Waals surface area (Å²) in [7, 11) is -2.10. The predicted molar refractivity (Wildman–Crippen MR) is 122 cm³/mol. The van der Waals surface area contributed by atoms with Crippen molar-refractivity contribution in [1.29, 1.82) is 0 Å². The fraction of sp³-hybridized carbons (Fsp3) is 0.125. The quantitative estimate of drug-likeness (QED) is 0.507. The van der Waals surface area contributed by atoms with Crippen molar-refractivity contribution in [3.8, 4) is 5.75 Å². The van der Waals surface area contributed by atoms with Crippen LogP contribution < -0.4 is 10.1 Å². The smallest absolute Gasteiger partial charge is 0.255 e. The van der Waals surface area contributed by atoms with Crippen LogP contribution in [0, 0.1) is 0 Å². The molecule has 0 saturated heterocycles. The molecule has 0 radical (unpaired) electrons. The third-order valence-corrected chi connectivity index (χ3v) is 6.44. The Hall–Kier alpha value is -3.42. The van der Waals surface area contributed by atoms with Gasteiger partial charge in [0.1, 0.15) is 5.75 Å². The molecule has 6 nitrogen and oxygen atoms in total. The zero-order valence-electron chi connectivity index (χ0n) is 17.2. The standard InChI is InChI=1S/C24H24N2O4S/c1-3-16-26(31(28,29)23-10-5-4-6-11-23)18-19-12-14-20(15-13-19)24(27)25-21-8-7-9-22(17-21)30-2/h3-15,17H,1,16,18H2,2H3,(H,25,27). The number of amides is 1. The highest BCUT2D eigenvalue weighted by atomic mass is 32.2. The fourth-order valence-corrected chi connectivity index (χ4v) is 4.42. The first-order chi connectivity index (χ1) is 14.9. The maximum Gasteiger partial charge on any atom is 0.255 e. The van der Waals surface area contributed by atoms with Crippen LogP contribution in [0.5, 0.6) is 5.75 Å². The van der Waals surface area contributed by atoms with Crippen LogP contribution in [0.3, 0.4) is 0 Å². The summed E-state index contributed by atoms with van der Waals surface area (Å²) in [6, 6.07) is 22.2. The molecule has 0 atom stereocenters. The van der Waals surface area contributed by atoms with Crippen molar-refractivity contribution in [2.24, 2.45) is 0 Å². The molecule has 1 amide bonds. The van der Waals surface area contributed by atoms with Gasteiger partial charge in [-0.1, -0.05) is 42.5 Å². The molecule has 0 fully saturated rings. The number of carbonyl (C=O) groups is 1. The van der Waals surface area contributed by atoms with Gasteiger partial charge >= 0.3 is 0 Å². The number of nitrogens with one attached hydrogen (secondary N) is 1. The van der Waals surface area contributed by atoms with E-state index in [9.17, 15) is 13.2 Å². The molecule has 0 aliphatic heterocycles. The van der Waals surface area contributed by atoms with Gasteiger partial charge in [-0.25, -0.2) is 8.42 Å². The number of carbonyl (C=O) groups excluding carboxylic acids is 1. The van der Waals surface area contributed by atoms with E-state index in [1.807, 2.05) is 0 Å². The number of benzene rings is 3. The minimum absolute atomic E-state index is 0.168. The van der Waals surface area contributed by atoms with Gasteiger partial charge in [-0.15, -0.1) is 6.58 Å². The summed E-state index contributed by atoms with van der Waals surface area (Å²) in [6.07, 6.45) is 1.55. The normalized spacial score (nSPS) is 11.2. The lowest BCUT2D eigenvalue weighted by molar-refractivity contribution is 0.102. The van der Waals surface area contributed by atoms with Gasteiger partial charge in [0.25, 0.3) is 5.91 Å². The number of nitrogens with zero attached hydrogens (tertiary/aromatic N) is 1. The van der Waals surface area contributed by atoms with Gasteiger partial charge in [0.05, 0.1) is 12.0 Å². The van der Waals surface area contributed by atoms with E-state index in [2.05, 4.69) is 11.9 Å². The van der Waals surface area contributed by atoms with Gasteiger partial charge in [0.2, 0.25) is 10.0 Å². The van der Waals surface area contributed by atoms with E-state index < -0.39 is 10.0 Å². The Morgan fingerprint density at radius 2 is 1.74 bits per heavy atom. The van der Waals surface area contributed by atoms with Crippen molar-refractivity contribution in [3.05, 3.63) is 103 Å². The van der Waals surface area contributed by atoms with Gasteiger partial charge in [-0.2, -0.15) is 4.31 Å². The Morgan fingerprint density at radius 3 is 2.39 bits per heavy atom. The molecule has 0 spiro atoms. The molecule has 1 N–H and O–H groups in total. The maximum absolute atomic E-state index is 13.0. The number of hydrogen-bond acceptors (Lipinski definition) is 4. The SMILES string of the molecule is C=CCN(Cc1ccc(C(=O)Nc2cccc(OC)c2)cc1)S(=O)(=O)c1ccccc1. The molecule has 3 aromatic carbocycles. The second kappa shape index (κ2) is 10.1. The molecule has 160 valence electrons. The summed E-state index contributed by atoms with van der Waals surface area (Å²) in [4.78, 5) is 12.8. The highest BCUT2D eigenvalue weighted by Crippen LogP contribution is 2.20. The third kappa shape index (κ3) is 5.59. The highest BCUT2D eigenvalue weighted by molar-refractivity contribution is 7.89. The largest absolute Gasteiger partial charge is 0.497 e. The van der Waals surface area contributed by atoms with Crippen LogP contribution in [0.4, 0.5) is 5.69 Å². The van der Waals surface area contributed by atoms with E-state index in [-0.39, 0.29) is 23.9 Å². The Bertz CT molecular complexity index is 1140. The average Bonchev–Trinajstić information content (AvgIpc) is 2.80. The van der Waals surface area contributed by atoms with Crippen molar-refractivity contribution in [2.45, 2.75) is 11.4 Å². The number of sulfonamides is 1. The lowest BCUT2D eigenvalue weighted by Gasteiger charge is -2.21. The molecule has 0 bridgehead atoms. The Kier molecular flexibility index (Phi) is 7.23. The number of rotatable bonds is 9. The Morgan fingerprint density at radius 1 is 1.03 bits per heavy atom. The minimum Gasteiger partial charge on any atom is -0.497 e. The van der Waals surface area contributed by atoms with Gasteiger partial charge in [0.15, 0.2) is 0 Å². The number of hydrogen-bond donors (Lipinski definition) is 1. The van der Waals surface area contributed by atoms with Gasteiger partial charge in [-0.3, -0.25) is 4.79 Å². The number of methoxy groups -OCH3 is 1. The fourth-order valence-electron chi connectivity index (χ4n) is 3.00. The van der Waals surface area contributed by atoms with E-state index in [1.54, 1.807) is 92.0 Å². The topological polar surface area (TPSA) is 75.7 Å². The molecule has 7 heteroatoms. The molecule has 0 aromatic heterocycles. The second-order valence-electron chi connectivity index (χ2n) is 6.78. The van der Waals surface area contributed by atoms with E-state index in [4.69, 9.17) is 4.74 Å². The molecule has 0 saturated carbocycles. The van der Waals surface area contributed by atoms with E-state index in [1.165, 1.54) is 4.31 Å². The molecule has 0 aliphatic carbocycles.